The average molecular weight is 356 g/mol. The maximum Gasteiger partial charge on any atom is 0.272 e. The second-order valence-electron chi connectivity index (χ2n) is 5.97. The van der Waals surface area contributed by atoms with Gasteiger partial charge in [0.2, 0.25) is 5.91 Å². The van der Waals surface area contributed by atoms with Gasteiger partial charge in [-0.2, -0.15) is 0 Å². The summed E-state index contributed by atoms with van der Waals surface area (Å²) in [6.07, 6.45) is 0.363. The predicted octanol–water partition coefficient (Wildman–Crippen LogP) is 1.65. The molecule has 0 bridgehead atoms. The second kappa shape index (κ2) is 5.13. The molecule has 0 spiro atoms. The number of hydrogen-bond donors (Lipinski definition) is 2. The number of hydrogen-bond acceptors (Lipinski definition) is 6. The Morgan fingerprint density at radius 1 is 1.54 bits per heavy atom. The fourth-order valence-corrected chi connectivity index (χ4v) is 4.76. The number of benzene rings is 1. The van der Waals surface area contributed by atoms with Crippen molar-refractivity contribution in [1.29, 1.82) is 0 Å². The third kappa shape index (κ3) is 2.16. The van der Waals surface area contributed by atoms with Gasteiger partial charge in [0.1, 0.15) is 4.75 Å². The number of carbonyl (C=O) groups excluding carboxylic acids is 1. The van der Waals surface area contributed by atoms with E-state index in [-0.39, 0.29) is 16.6 Å². The Labute approximate surface area is 139 Å². The molecule has 1 aliphatic heterocycles. The number of carbonyl (C=O) groups is 1. The summed E-state index contributed by atoms with van der Waals surface area (Å²) in [5.41, 5.74) is 3.60. The fourth-order valence-electron chi connectivity index (χ4n) is 3.33. The van der Waals surface area contributed by atoms with Gasteiger partial charge < -0.3 is 11.1 Å². The summed E-state index contributed by atoms with van der Waals surface area (Å²) < 4.78 is 27.3. The SMILES string of the molecule is CNC(=O)[C@]12C[C@H]1[C@@](C)(c1cc([N+](=O)[O-])cc(F)c1F)N=C(N)S2. The van der Waals surface area contributed by atoms with Crippen molar-refractivity contribution >= 4 is 28.5 Å². The molecule has 3 N–H and O–H groups in total. The molecule has 128 valence electrons. The molecule has 1 aromatic carbocycles. The molecule has 1 aromatic rings. The molecular weight excluding hydrogens is 342 g/mol. The van der Waals surface area contributed by atoms with Gasteiger partial charge in [0.15, 0.2) is 16.8 Å². The van der Waals surface area contributed by atoms with Crippen LogP contribution in [0.1, 0.15) is 18.9 Å². The van der Waals surface area contributed by atoms with Crippen LogP contribution in [-0.4, -0.2) is 27.8 Å². The molecule has 1 saturated carbocycles. The molecule has 1 fully saturated rings. The minimum absolute atomic E-state index is 0.0566. The Morgan fingerprint density at radius 2 is 2.21 bits per heavy atom. The van der Waals surface area contributed by atoms with Crippen LogP contribution < -0.4 is 11.1 Å². The van der Waals surface area contributed by atoms with E-state index in [0.29, 0.717) is 12.5 Å². The lowest BCUT2D eigenvalue weighted by Gasteiger charge is -2.33. The Balaban J connectivity index is 2.17. The lowest BCUT2D eigenvalue weighted by Crippen LogP contribution is -2.43. The van der Waals surface area contributed by atoms with E-state index >= 15 is 0 Å². The highest BCUT2D eigenvalue weighted by atomic mass is 32.2. The number of nitro benzene ring substituents is 1. The van der Waals surface area contributed by atoms with Crippen molar-refractivity contribution in [3.63, 3.8) is 0 Å². The zero-order valence-corrected chi connectivity index (χ0v) is 13.6. The second-order valence-corrected chi connectivity index (χ2v) is 7.32. The number of nitrogens with two attached hydrogens (primary N) is 1. The van der Waals surface area contributed by atoms with Crippen LogP contribution in [0.3, 0.4) is 0 Å². The third-order valence-corrected chi connectivity index (χ3v) is 5.90. The van der Waals surface area contributed by atoms with Crippen LogP contribution in [0.25, 0.3) is 0 Å². The van der Waals surface area contributed by atoms with Gasteiger partial charge in [0.25, 0.3) is 5.69 Å². The summed E-state index contributed by atoms with van der Waals surface area (Å²) in [5, 5.41) is 13.6. The largest absolute Gasteiger partial charge is 0.378 e. The molecule has 24 heavy (non-hydrogen) atoms. The predicted molar refractivity (Wildman–Crippen MR) is 84.5 cm³/mol. The fraction of sp³-hybridized carbons (Fsp3) is 0.429. The van der Waals surface area contributed by atoms with Crippen molar-refractivity contribution in [2.45, 2.75) is 23.6 Å². The van der Waals surface area contributed by atoms with Crippen LogP contribution in [0.4, 0.5) is 14.5 Å². The van der Waals surface area contributed by atoms with Gasteiger partial charge in [0.05, 0.1) is 16.5 Å². The van der Waals surface area contributed by atoms with Crippen LogP contribution in [0.5, 0.6) is 0 Å². The van der Waals surface area contributed by atoms with E-state index in [1.807, 2.05) is 0 Å². The van der Waals surface area contributed by atoms with Crippen molar-refractivity contribution in [3.8, 4) is 0 Å². The van der Waals surface area contributed by atoms with Crippen molar-refractivity contribution in [2.24, 2.45) is 16.6 Å². The number of nitrogens with zero attached hydrogens (tertiary/aromatic N) is 2. The van der Waals surface area contributed by atoms with Gasteiger partial charge in [0, 0.05) is 24.6 Å². The highest BCUT2D eigenvalue weighted by Crippen LogP contribution is 2.66. The smallest absolute Gasteiger partial charge is 0.272 e. The highest BCUT2D eigenvalue weighted by Gasteiger charge is 2.70. The number of rotatable bonds is 3. The first-order valence-electron chi connectivity index (χ1n) is 7.06. The average Bonchev–Trinajstić information content (AvgIpc) is 3.25. The number of non-ortho nitro benzene ring substituents is 1. The standard InChI is InChI=1S/C14H14F2N4O3S/c1-13(7-3-6(20(22)23)4-8(15)10(7)16)9-5-14(9,11(21)18-2)24-12(17)19-13/h3-4,9H,5H2,1-2H3,(H2,17,19)(H,18,21)/t9-,13+,14-/m0/s1. The highest BCUT2D eigenvalue weighted by molar-refractivity contribution is 8.15. The van der Waals surface area contributed by atoms with E-state index < -0.39 is 38.4 Å². The summed E-state index contributed by atoms with van der Waals surface area (Å²) in [5.74, 6) is -3.28. The van der Waals surface area contributed by atoms with Crippen LogP contribution in [0.2, 0.25) is 0 Å². The van der Waals surface area contributed by atoms with E-state index in [1.165, 1.54) is 14.0 Å². The molecule has 0 saturated heterocycles. The number of amides is 1. The van der Waals surface area contributed by atoms with Gasteiger partial charge in [-0.25, -0.2) is 8.78 Å². The van der Waals surface area contributed by atoms with Crippen LogP contribution in [0, 0.1) is 27.7 Å². The van der Waals surface area contributed by atoms with Crippen molar-refractivity contribution < 1.29 is 18.5 Å². The van der Waals surface area contributed by atoms with E-state index in [9.17, 15) is 23.7 Å². The van der Waals surface area contributed by atoms with Gasteiger partial charge in [-0.1, -0.05) is 11.8 Å². The summed E-state index contributed by atoms with van der Waals surface area (Å²) in [6, 6.07) is 1.48. The quantitative estimate of drug-likeness (QED) is 0.632. The molecule has 2 aliphatic rings. The normalized spacial score (nSPS) is 31.0. The molecule has 0 unspecified atom stereocenters. The van der Waals surface area contributed by atoms with Gasteiger partial charge in [-0.05, 0) is 13.3 Å². The van der Waals surface area contributed by atoms with Crippen molar-refractivity contribution in [2.75, 3.05) is 7.05 Å². The number of nitro groups is 1. The monoisotopic (exact) mass is 356 g/mol. The van der Waals surface area contributed by atoms with Crippen LogP contribution >= 0.6 is 11.8 Å². The van der Waals surface area contributed by atoms with E-state index in [2.05, 4.69) is 10.3 Å². The summed E-state index contributed by atoms with van der Waals surface area (Å²) in [7, 11) is 1.47. The zero-order valence-electron chi connectivity index (χ0n) is 12.8. The first-order chi connectivity index (χ1) is 11.2. The Hall–Kier alpha value is -2.23. The first kappa shape index (κ1) is 16.6. The lowest BCUT2D eigenvalue weighted by molar-refractivity contribution is -0.385. The molecular formula is C14H14F2N4O3S. The summed E-state index contributed by atoms with van der Waals surface area (Å²) in [6.45, 7) is 1.51. The number of aliphatic imine (C=N–C) groups is 1. The minimum Gasteiger partial charge on any atom is -0.378 e. The number of nitrogens with one attached hydrogen (secondary N) is 1. The molecule has 1 aliphatic carbocycles. The molecule has 7 nitrogen and oxygen atoms in total. The number of amidine groups is 1. The van der Waals surface area contributed by atoms with Gasteiger partial charge in [-0.3, -0.25) is 19.9 Å². The first-order valence-corrected chi connectivity index (χ1v) is 7.88. The van der Waals surface area contributed by atoms with Gasteiger partial charge >= 0.3 is 0 Å². The molecule has 10 heteroatoms. The van der Waals surface area contributed by atoms with Gasteiger partial charge in [-0.15, -0.1) is 0 Å². The minimum atomic E-state index is -1.36. The van der Waals surface area contributed by atoms with Crippen molar-refractivity contribution in [3.05, 3.63) is 39.4 Å². The third-order valence-electron chi connectivity index (χ3n) is 4.60. The van der Waals surface area contributed by atoms with Crippen molar-refractivity contribution in [1.82, 2.24) is 5.32 Å². The lowest BCUT2D eigenvalue weighted by atomic mass is 9.85. The Morgan fingerprint density at radius 3 is 2.79 bits per heavy atom. The van der Waals surface area contributed by atoms with E-state index in [0.717, 1.165) is 17.8 Å². The van der Waals surface area contributed by atoms with Crippen LogP contribution in [-0.2, 0) is 10.3 Å². The number of thioether (sulfide) groups is 1. The van der Waals surface area contributed by atoms with Crippen LogP contribution in [0.15, 0.2) is 17.1 Å². The topological polar surface area (TPSA) is 111 Å². The molecule has 3 atom stereocenters. The Kier molecular flexibility index (Phi) is 3.55. The Bertz CT molecular complexity index is 802. The molecule has 1 amide bonds. The number of fused-ring (bicyclic) bond motifs is 1. The molecule has 3 rings (SSSR count). The van der Waals surface area contributed by atoms with E-state index in [1.54, 1.807) is 0 Å². The summed E-state index contributed by atoms with van der Waals surface area (Å²) in [4.78, 5) is 26.6. The molecule has 0 radical (unpaired) electrons. The van der Waals surface area contributed by atoms with E-state index in [4.69, 9.17) is 5.73 Å². The zero-order chi connectivity index (χ0) is 17.9. The maximum atomic E-state index is 14.4. The number of halogens is 2. The molecule has 0 aromatic heterocycles. The maximum absolute atomic E-state index is 14.4. The molecule has 1 heterocycles. The summed E-state index contributed by atoms with van der Waals surface area (Å²) >= 11 is 1.08.